The Morgan fingerprint density at radius 1 is 1.43 bits per heavy atom. The van der Waals surface area contributed by atoms with Crippen molar-refractivity contribution >= 4 is 17.9 Å². The Hall–Kier alpha value is -2.81. The van der Waals surface area contributed by atoms with Gasteiger partial charge in [-0.25, -0.2) is 0 Å². The lowest BCUT2D eigenvalue weighted by atomic mass is 10.1. The summed E-state index contributed by atoms with van der Waals surface area (Å²) in [7, 11) is 0. The third-order valence-electron chi connectivity index (χ3n) is 2.49. The molecule has 2 amide bonds. The topological polar surface area (TPSA) is 105 Å². The fourth-order valence-electron chi connectivity index (χ4n) is 1.52. The van der Waals surface area contributed by atoms with Crippen molar-refractivity contribution in [3.05, 3.63) is 35.4 Å². The van der Waals surface area contributed by atoms with Gasteiger partial charge in [0.15, 0.2) is 6.61 Å². The number of rotatable bonds is 7. The second-order valence-electron chi connectivity index (χ2n) is 4.22. The average molecular weight is 287 g/mol. The number of benzene rings is 1. The van der Waals surface area contributed by atoms with E-state index in [0.29, 0.717) is 17.9 Å². The summed E-state index contributed by atoms with van der Waals surface area (Å²) in [6, 6.07) is 8.62. The Morgan fingerprint density at radius 3 is 2.76 bits per heavy atom. The van der Waals surface area contributed by atoms with Crippen LogP contribution in [0.2, 0.25) is 0 Å². The van der Waals surface area contributed by atoms with Gasteiger partial charge < -0.3 is 15.8 Å². The van der Waals surface area contributed by atoms with Gasteiger partial charge >= 0.3 is 0 Å². The number of nitriles is 1. The van der Waals surface area contributed by atoms with E-state index in [1.807, 2.05) is 13.0 Å². The first-order valence-corrected chi connectivity index (χ1v) is 6.48. The molecule has 0 saturated carbocycles. The maximum atomic E-state index is 11.8. The third kappa shape index (κ3) is 5.37. The highest BCUT2D eigenvalue weighted by atomic mass is 16.5. The molecule has 0 radical (unpaired) electrons. The van der Waals surface area contributed by atoms with Crippen LogP contribution in [-0.4, -0.2) is 25.0 Å². The average Bonchev–Trinajstić information content (AvgIpc) is 2.48. The summed E-state index contributed by atoms with van der Waals surface area (Å²) < 4.78 is 5.24. The molecule has 0 fully saturated rings. The molecule has 21 heavy (non-hydrogen) atoms. The highest BCUT2D eigenvalue weighted by molar-refractivity contribution is 6.01. The number of nitrogens with two attached hydrogens (primary N) is 1. The summed E-state index contributed by atoms with van der Waals surface area (Å²) in [4.78, 5) is 22.6. The number of ether oxygens (including phenoxy) is 1. The summed E-state index contributed by atoms with van der Waals surface area (Å²) in [6.07, 6.45) is 2.20. The van der Waals surface area contributed by atoms with Crippen molar-refractivity contribution < 1.29 is 14.3 Å². The van der Waals surface area contributed by atoms with Crippen molar-refractivity contribution in [1.82, 2.24) is 5.32 Å². The van der Waals surface area contributed by atoms with Gasteiger partial charge in [-0.05, 0) is 18.6 Å². The molecule has 6 nitrogen and oxygen atoms in total. The third-order valence-corrected chi connectivity index (χ3v) is 2.49. The van der Waals surface area contributed by atoms with E-state index in [2.05, 4.69) is 5.32 Å². The molecule has 0 aliphatic rings. The van der Waals surface area contributed by atoms with Crippen LogP contribution in [0.25, 0.3) is 6.08 Å². The molecule has 0 saturated heterocycles. The lowest BCUT2D eigenvalue weighted by molar-refractivity contribution is -0.120. The van der Waals surface area contributed by atoms with E-state index in [4.69, 9.17) is 15.7 Å². The summed E-state index contributed by atoms with van der Waals surface area (Å²) in [5.41, 5.74) is 5.53. The van der Waals surface area contributed by atoms with E-state index in [1.165, 1.54) is 6.08 Å². The van der Waals surface area contributed by atoms with Gasteiger partial charge in [0.2, 0.25) is 0 Å². The SMILES string of the molecule is CCCNC(=O)/C(C#N)=C/c1ccccc1OCC(N)=O. The fraction of sp³-hybridized carbons (Fsp3) is 0.267. The number of nitrogens with one attached hydrogen (secondary N) is 1. The Kier molecular flexibility index (Phi) is 6.48. The summed E-state index contributed by atoms with van der Waals surface area (Å²) in [6.45, 7) is 2.15. The second-order valence-corrected chi connectivity index (χ2v) is 4.22. The maximum Gasteiger partial charge on any atom is 0.261 e. The predicted molar refractivity (Wildman–Crippen MR) is 78.0 cm³/mol. The predicted octanol–water partition coefficient (Wildman–Crippen LogP) is 0.984. The number of hydrogen-bond acceptors (Lipinski definition) is 4. The van der Waals surface area contributed by atoms with Gasteiger partial charge in [0.1, 0.15) is 17.4 Å². The van der Waals surface area contributed by atoms with Crippen LogP contribution in [0, 0.1) is 11.3 Å². The molecule has 0 aliphatic heterocycles. The molecule has 0 atom stereocenters. The van der Waals surface area contributed by atoms with Crippen LogP contribution in [0.3, 0.4) is 0 Å². The molecule has 3 N–H and O–H groups in total. The largest absolute Gasteiger partial charge is 0.483 e. The molecule has 0 bridgehead atoms. The smallest absolute Gasteiger partial charge is 0.261 e. The number of amides is 2. The number of carbonyl (C=O) groups excluding carboxylic acids is 2. The molecule has 6 heteroatoms. The van der Waals surface area contributed by atoms with Gasteiger partial charge in [-0.2, -0.15) is 5.26 Å². The van der Waals surface area contributed by atoms with Crippen molar-refractivity contribution in [2.24, 2.45) is 5.73 Å². The van der Waals surface area contributed by atoms with E-state index in [-0.39, 0.29) is 12.2 Å². The van der Waals surface area contributed by atoms with Crippen LogP contribution < -0.4 is 15.8 Å². The minimum atomic E-state index is -0.602. The van der Waals surface area contributed by atoms with E-state index in [1.54, 1.807) is 24.3 Å². The Morgan fingerprint density at radius 2 is 2.14 bits per heavy atom. The van der Waals surface area contributed by atoms with Crippen LogP contribution in [0.5, 0.6) is 5.75 Å². The zero-order valence-electron chi connectivity index (χ0n) is 11.8. The molecule has 0 aliphatic carbocycles. The van der Waals surface area contributed by atoms with Gasteiger partial charge in [-0.3, -0.25) is 9.59 Å². The van der Waals surface area contributed by atoms with Crippen LogP contribution in [0.15, 0.2) is 29.8 Å². The van der Waals surface area contributed by atoms with E-state index >= 15 is 0 Å². The standard InChI is InChI=1S/C15H17N3O3/c1-2-7-18-15(20)12(9-16)8-11-5-3-4-6-13(11)21-10-14(17)19/h3-6,8H,2,7,10H2,1H3,(H2,17,19)(H,18,20)/b12-8+. The lowest BCUT2D eigenvalue weighted by Crippen LogP contribution is -2.25. The Balaban J connectivity index is 2.97. The zero-order chi connectivity index (χ0) is 15.7. The first-order valence-electron chi connectivity index (χ1n) is 6.48. The summed E-state index contributed by atoms with van der Waals surface area (Å²) >= 11 is 0. The van der Waals surface area contributed by atoms with Gasteiger partial charge in [0, 0.05) is 12.1 Å². The summed E-state index contributed by atoms with van der Waals surface area (Å²) in [5, 5.41) is 11.7. The second kappa shape index (κ2) is 8.38. The molecule has 110 valence electrons. The minimum Gasteiger partial charge on any atom is -0.483 e. The van der Waals surface area contributed by atoms with Crippen molar-refractivity contribution in [1.29, 1.82) is 5.26 Å². The van der Waals surface area contributed by atoms with E-state index in [9.17, 15) is 9.59 Å². The van der Waals surface area contributed by atoms with Gasteiger partial charge in [-0.15, -0.1) is 0 Å². The van der Waals surface area contributed by atoms with Crippen molar-refractivity contribution in [3.8, 4) is 11.8 Å². The van der Waals surface area contributed by atoms with Crippen LogP contribution in [0.4, 0.5) is 0 Å². The molecule has 1 rings (SSSR count). The number of hydrogen-bond donors (Lipinski definition) is 2. The molecule has 0 spiro atoms. The molecule has 0 heterocycles. The molecular formula is C15H17N3O3. The molecule has 1 aromatic carbocycles. The molecular weight excluding hydrogens is 270 g/mol. The fourth-order valence-corrected chi connectivity index (χ4v) is 1.52. The van der Waals surface area contributed by atoms with E-state index < -0.39 is 11.8 Å². The maximum absolute atomic E-state index is 11.8. The monoisotopic (exact) mass is 287 g/mol. The number of primary amides is 1. The van der Waals surface area contributed by atoms with Gasteiger partial charge in [0.05, 0.1) is 0 Å². The van der Waals surface area contributed by atoms with Crippen molar-refractivity contribution in [2.45, 2.75) is 13.3 Å². The Bertz CT molecular complexity index is 588. The quantitative estimate of drug-likeness (QED) is 0.576. The number of para-hydroxylation sites is 1. The first kappa shape index (κ1) is 16.2. The zero-order valence-corrected chi connectivity index (χ0v) is 11.8. The van der Waals surface area contributed by atoms with Crippen molar-refractivity contribution in [3.63, 3.8) is 0 Å². The lowest BCUT2D eigenvalue weighted by Gasteiger charge is -2.08. The summed E-state index contributed by atoms with van der Waals surface area (Å²) in [5.74, 6) is -0.661. The highest BCUT2D eigenvalue weighted by Gasteiger charge is 2.10. The Labute approximate surface area is 123 Å². The van der Waals surface area contributed by atoms with E-state index in [0.717, 1.165) is 6.42 Å². The van der Waals surface area contributed by atoms with Crippen molar-refractivity contribution in [2.75, 3.05) is 13.2 Å². The van der Waals surface area contributed by atoms with Gasteiger partial charge in [-0.1, -0.05) is 25.1 Å². The molecule has 0 unspecified atom stereocenters. The van der Waals surface area contributed by atoms with Crippen LogP contribution in [0.1, 0.15) is 18.9 Å². The molecule has 1 aromatic rings. The molecule has 0 aromatic heterocycles. The normalized spacial score (nSPS) is 10.6. The first-order chi connectivity index (χ1) is 10.1. The van der Waals surface area contributed by atoms with Crippen LogP contribution >= 0.6 is 0 Å². The van der Waals surface area contributed by atoms with Gasteiger partial charge in [0.25, 0.3) is 11.8 Å². The number of nitrogens with zero attached hydrogens (tertiary/aromatic N) is 1. The van der Waals surface area contributed by atoms with Crippen LogP contribution in [-0.2, 0) is 9.59 Å². The minimum absolute atomic E-state index is 0.0291. The highest BCUT2D eigenvalue weighted by Crippen LogP contribution is 2.20. The number of carbonyl (C=O) groups is 2.